The van der Waals surface area contributed by atoms with E-state index in [1.165, 1.54) is 4.31 Å². The lowest BCUT2D eigenvalue weighted by atomic mass is 9.83. The van der Waals surface area contributed by atoms with Crippen LogP contribution in [0.25, 0.3) is 0 Å². The highest BCUT2D eigenvalue weighted by Crippen LogP contribution is 2.30. The predicted molar refractivity (Wildman–Crippen MR) is 54.2 cm³/mol. The largest absolute Gasteiger partial charge is 0.228 e. The number of rotatable bonds is 2. The summed E-state index contributed by atoms with van der Waals surface area (Å²) in [5, 5.41) is -0.298. The highest BCUT2D eigenvalue weighted by Gasteiger charge is 2.30. The zero-order valence-electron chi connectivity index (χ0n) is 8.09. The van der Waals surface area contributed by atoms with E-state index in [0.717, 1.165) is 12.8 Å². The van der Waals surface area contributed by atoms with Gasteiger partial charge >= 0.3 is 0 Å². The fourth-order valence-corrected chi connectivity index (χ4v) is 2.73. The first kappa shape index (κ1) is 11.3. The Morgan fingerprint density at radius 1 is 1.31 bits per heavy atom. The van der Waals surface area contributed by atoms with Gasteiger partial charge < -0.3 is 0 Å². The molecule has 1 aliphatic heterocycles. The molecule has 0 aromatic rings. The quantitative estimate of drug-likeness (QED) is 0.670. The number of alkyl halides is 1. The van der Waals surface area contributed by atoms with Crippen LogP contribution < -0.4 is 0 Å². The summed E-state index contributed by atoms with van der Waals surface area (Å²) < 4.78 is 24.2. The van der Waals surface area contributed by atoms with Crippen molar-refractivity contribution in [2.45, 2.75) is 26.7 Å². The first-order valence-corrected chi connectivity index (χ1v) is 6.56. The molecule has 5 heteroatoms. The average Bonchev–Trinajstić information content (AvgIpc) is 2.04. The Morgan fingerprint density at radius 2 is 1.77 bits per heavy atom. The number of piperidine rings is 1. The van der Waals surface area contributed by atoms with Crippen LogP contribution in [-0.2, 0) is 10.0 Å². The van der Waals surface area contributed by atoms with E-state index in [1.807, 2.05) is 0 Å². The lowest BCUT2D eigenvalue weighted by molar-refractivity contribution is 0.196. The highest BCUT2D eigenvalue weighted by molar-refractivity contribution is 7.90. The predicted octanol–water partition coefficient (Wildman–Crippen LogP) is 1.63. The number of halogens is 1. The van der Waals surface area contributed by atoms with Crippen LogP contribution in [0.5, 0.6) is 0 Å². The summed E-state index contributed by atoms with van der Waals surface area (Å²) >= 11 is 5.37. The maximum atomic E-state index is 11.4. The Kier molecular flexibility index (Phi) is 3.25. The van der Waals surface area contributed by atoms with Crippen molar-refractivity contribution >= 4 is 21.6 Å². The SMILES string of the molecule is CC1(C)CCN(S(=O)(=O)CCl)CC1. The fraction of sp³-hybridized carbons (Fsp3) is 1.00. The Labute approximate surface area is 85.1 Å². The molecule has 0 aromatic carbocycles. The van der Waals surface area contributed by atoms with Gasteiger partial charge in [0.1, 0.15) is 5.21 Å². The number of sulfonamides is 1. The Balaban J connectivity index is 2.61. The highest BCUT2D eigenvalue weighted by atomic mass is 35.5. The van der Waals surface area contributed by atoms with Crippen LogP contribution in [0.4, 0.5) is 0 Å². The third-order valence-corrected chi connectivity index (χ3v) is 4.86. The molecule has 0 unspecified atom stereocenters. The molecule has 0 atom stereocenters. The molecular formula is C8H16ClNO2S. The summed E-state index contributed by atoms with van der Waals surface area (Å²) in [6.07, 6.45) is 1.84. The Hall–Kier alpha value is 0.200. The number of nitrogens with zero attached hydrogens (tertiary/aromatic N) is 1. The molecule has 0 saturated carbocycles. The molecule has 1 aliphatic rings. The monoisotopic (exact) mass is 225 g/mol. The minimum Gasteiger partial charge on any atom is -0.211 e. The smallest absolute Gasteiger partial charge is 0.211 e. The van der Waals surface area contributed by atoms with Crippen LogP contribution in [0.3, 0.4) is 0 Å². The van der Waals surface area contributed by atoms with Gasteiger partial charge in [0.15, 0.2) is 0 Å². The molecule has 0 radical (unpaired) electrons. The van der Waals surface area contributed by atoms with Gasteiger partial charge in [-0.3, -0.25) is 0 Å². The molecule has 3 nitrogen and oxygen atoms in total. The van der Waals surface area contributed by atoms with E-state index < -0.39 is 10.0 Å². The summed E-state index contributed by atoms with van der Waals surface area (Å²) in [6.45, 7) is 5.55. The molecule has 1 heterocycles. The van der Waals surface area contributed by atoms with Crippen molar-refractivity contribution in [3.63, 3.8) is 0 Å². The molecule has 0 bridgehead atoms. The van der Waals surface area contributed by atoms with Crippen molar-refractivity contribution in [3.8, 4) is 0 Å². The third kappa shape index (κ3) is 2.82. The van der Waals surface area contributed by atoms with Crippen LogP contribution in [0, 0.1) is 5.41 Å². The molecule has 0 spiro atoms. The van der Waals surface area contributed by atoms with Crippen LogP contribution >= 0.6 is 11.6 Å². The normalized spacial score (nSPS) is 24.5. The molecular weight excluding hydrogens is 210 g/mol. The van der Waals surface area contributed by atoms with Crippen molar-refractivity contribution in [2.24, 2.45) is 5.41 Å². The number of hydrogen-bond acceptors (Lipinski definition) is 2. The van der Waals surface area contributed by atoms with Gasteiger partial charge in [-0.1, -0.05) is 13.8 Å². The van der Waals surface area contributed by atoms with Crippen molar-refractivity contribution in [3.05, 3.63) is 0 Å². The summed E-state index contributed by atoms with van der Waals surface area (Å²) in [4.78, 5) is 0. The molecule has 13 heavy (non-hydrogen) atoms. The topological polar surface area (TPSA) is 37.4 Å². The van der Waals surface area contributed by atoms with Gasteiger partial charge in [-0.05, 0) is 18.3 Å². The van der Waals surface area contributed by atoms with Gasteiger partial charge in [0, 0.05) is 13.1 Å². The van der Waals surface area contributed by atoms with Gasteiger partial charge in [-0.15, -0.1) is 11.6 Å². The minimum absolute atomic E-state index is 0.276. The molecule has 0 amide bonds. The van der Waals surface area contributed by atoms with Gasteiger partial charge in [-0.2, -0.15) is 0 Å². The maximum Gasteiger partial charge on any atom is 0.228 e. The lowest BCUT2D eigenvalue weighted by Crippen LogP contribution is -2.41. The average molecular weight is 226 g/mol. The van der Waals surface area contributed by atoms with E-state index in [2.05, 4.69) is 13.8 Å². The second kappa shape index (κ2) is 3.75. The standard InChI is InChI=1S/C8H16ClNO2S/c1-8(2)3-5-10(6-4-8)13(11,12)7-9/h3-7H2,1-2H3. The molecule has 0 N–H and O–H groups in total. The van der Waals surface area contributed by atoms with Gasteiger partial charge in [0.05, 0.1) is 0 Å². The second-order valence-electron chi connectivity index (χ2n) is 4.28. The van der Waals surface area contributed by atoms with Gasteiger partial charge in [0.25, 0.3) is 0 Å². The Bertz CT molecular complexity index is 264. The first-order valence-electron chi connectivity index (χ1n) is 4.41. The minimum atomic E-state index is -3.17. The van der Waals surface area contributed by atoms with Crippen LogP contribution in [0.15, 0.2) is 0 Å². The van der Waals surface area contributed by atoms with E-state index in [-0.39, 0.29) is 10.6 Å². The van der Waals surface area contributed by atoms with Crippen LogP contribution in [-0.4, -0.2) is 31.0 Å². The third-order valence-electron chi connectivity index (χ3n) is 2.61. The zero-order chi connectivity index (χ0) is 10.1. The lowest BCUT2D eigenvalue weighted by Gasteiger charge is -2.35. The summed E-state index contributed by atoms with van der Waals surface area (Å²) in [5.74, 6) is 0. The first-order chi connectivity index (χ1) is 5.87. The number of hydrogen-bond donors (Lipinski definition) is 0. The second-order valence-corrected chi connectivity index (χ2v) is 6.84. The fourth-order valence-electron chi connectivity index (χ4n) is 1.44. The maximum absolute atomic E-state index is 11.4. The summed E-state index contributed by atoms with van der Waals surface area (Å²) in [7, 11) is -3.17. The van der Waals surface area contributed by atoms with Gasteiger partial charge in [0.2, 0.25) is 10.0 Å². The molecule has 1 fully saturated rings. The molecule has 78 valence electrons. The summed E-state index contributed by atoms with van der Waals surface area (Å²) in [5.41, 5.74) is 0.276. The van der Waals surface area contributed by atoms with E-state index in [1.54, 1.807) is 0 Å². The van der Waals surface area contributed by atoms with E-state index in [9.17, 15) is 8.42 Å². The van der Waals surface area contributed by atoms with Crippen LogP contribution in [0.2, 0.25) is 0 Å². The molecule has 1 saturated heterocycles. The van der Waals surface area contributed by atoms with Crippen molar-refractivity contribution in [2.75, 3.05) is 18.3 Å². The molecule has 0 aliphatic carbocycles. The zero-order valence-corrected chi connectivity index (χ0v) is 9.66. The molecule has 0 aromatic heterocycles. The molecule has 1 rings (SSSR count). The summed E-state index contributed by atoms with van der Waals surface area (Å²) in [6, 6.07) is 0. The van der Waals surface area contributed by atoms with E-state index in [4.69, 9.17) is 11.6 Å². The van der Waals surface area contributed by atoms with Crippen molar-refractivity contribution in [1.82, 2.24) is 4.31 Å². The Morgan fingerprint density at radius 3 is 2.15 bits per heavy atom. The van der Waals surface area contributed by atoms with E-state index in [0.29, 0.717) is 13.1 Å². The van der Waals surface area contributed by atoms with Crippen molar-refractivity contribution < 1.29 is 8.42 Å². The van der Waals surface area contributed by atoms with Crippen molar-refractivity contribution in [1.29, 1.82) is 0 Å². The van der Waals surface area contributed by atoms with Gasteiger partial charge in [-0.25, -0.2) is 12.7 Å². The van der Waals surface area contributed by atoms with Crippen LogP contribution in [0.1, 0.15) is 26.7 Å². The van der Waals surface area contributed by atoms with E-state index >= 15 is 0 Å².